The van der Waals surface area contributed by atoms with Crippen LogP contribution in [0.4, 0.5) is 0 Å². The number of likely N-dealkylation sites (N-methyl/N-ethyl adjacent to an activating group) is 1. The lowest BCUT2D eigenvalue weighted by Crippen LogP contribution is -2.48. The smallest absolute Gasteiger partial charge is 0.325 e. The van der Waals surface area contributed by atoms with E-state index < -0.39 is 5.54 Å². The average molecular weight is 159 g/mol. The minimum Gasteiger partial charge on any atom is -0.468 e. The van der Waals surface area contributed by atoms with Crippen LogP contribution in [0, 0.1) is 0 Å². The Kier molecular flexibility index (Phi) is 3.52. The van der Waals surface area contributed by atoms with E-state index in [1.165, 1.54) is 7.11 Å². The Morgan fingerprint density at radius 1 is 1.55 bits per heavy atom. The Hall–Kier alpha value is -0.570. The van der Waals surface area contributed by atoms with Crippen molar-refractivity contribution in [1.82, 2.24) is 4.90 Å². The third-order valence-electron chi connectivity index (χ3n) is 2.30. The molecule has 66 valence electrons. The van der Waals surface area contributed by atoms with Crippen LogP contribution in [-0.2, 0) is 9.53 Å². The highest BCUT2D eigenvalue weighted by molar-refractivity contribution is 5.80. The van der Waals surface area contributed by atoms with Crippen molar-refractivity contribution in [3.05, 3.63) is 0 Å². The summed E-state index contributed by atoms with van der Waals surface area (Å²) in [7, 11) is 5.17. The van der Waals surface area contributed by atoms with Crippen LogP contribution in [0.1, 0.15) is 20.3 Å². The van der Waals surface area contributed by atoms with E-state index in [1.54, 1.807) is 0 Å². The third kappa shape index (κ3) is 1.93. The zero-order valence-electron chi connectivity index (χ0n) is 7.97. The molecule has 0 aromatic rings. The highest BCUT2D eigenvalue weighted by Crippen LogP contribution is 2.17. The second-order valence-corrected chi connectivity index (χ2v) is 3.01. The summed E-state index contributed by atoms with van der Waals surface area (Å²) in [6.45, 7) is 3.84. The molecule has 0 aliphatic carbocycles. The molecule has 0 heterocycles. The van der Waals surface area contributed by atoms with Crippen molar-refractivity contribution in [2.45, 2.75) is 25.8 Å². The summed E-state index contributed by atoms with van der Waals surface area (Å²) in [4.78, 5) is 13.1. The van der Waals surface area contributed by atoms with Gasteiger partial charge in [0.05, 0.1) is 7.11 Å². The molecule has 0 bridgehead atoms. The van der Waals surface area contributed by atoms with E-state index >= 15 is 0 Å². The van der Waals surface area contributed by atoms with E-state index in [0.29, 0.717) is 0 Å². The SMILES string of the molecule is CCC(C)(C(=O)OC)N(C)C. The van der Waals surface area contributed by atoms with E-state index in [9.17, 15) is 4.79 Å². The van der Waals surface area contributed by atoms with Gasteiger partial charge in [0.1, 0.15) is 5.54 Å². The Morgan fingerprint density at radius 3 is 2.09 bits per heavy atom. The molecule has 0 rings (SSSR count). The van der Waals surface area contributed by atoms with Crippen LogP contribution in [0.5, 0.6) is 0 Å². The van der Waals surface area contributed by atoms with Crippen molar-refractivity contribution in [3.8, 4) is 0 Å². The molecule has 0 saturated carbocycles. The number of esters is 1. The first kappa shape index (κ1) is 10.4. The molecule has 3 nitrogen and oxygen atoms in total. The van der Waals surface area contributed by atoms with Crippen molar-refractivity contribution in [3.63, 3.8) is 0 Å². The molecule has 0 amide bonds. The molecule has 0 aromatic carbocycles. The maximum absolute atomic E-state index is 11.2. The first-order chi connectivity index (χ1) is 4.99. The molecular weight excluding hydrogens is 142 g/mol. The summed E-state index contributed by atoms with van der Waals surface area (Å²) >= 11 is 0. The zero-order valence-corrected chi connectivity index (χ0v) is 7.97. The maximum Gasteiger partial charge on any atom is 0.325 e. The largest absolute Gasteiger partial charge is 0.468 e. The van der Waals surface area contributed by atoms with E-state index in [4.69, 9.17) is 0 Å². The lowest BCUT2D eigenvalue weighted by atomic mass is 9.98. The number of nitrogens with zero attached hydrogens (tertiary/aromatic N) is 1. The standard InChI is InChI=1S/C8H17NO2/c1-6-8(2,9(3)4)7(10)11-5/h6H2,1-5H3. The van der Waals surface area contributed by atoms with E-state index in [-0.39, 0.29) is 5.97 Å². The lowest BCUT2D eigenvalue weighted by molar-refractivity contribution is -0.152. The van der Waals surface area contributed by atoms with Crippen LogP contribution >= 0.6 is 0 Å². The zero-order chi connectivity index (χ0) is 9.07. The van der Waals surface area contributed by atoms with Crippen molar-refractivity contribution >= 4 is 5.97 Å². The molecule has 0 aliphatic rings. The molecule has 11 heavy (non-hydrogen) atoms. The van der Waals surface area contributed by atoms with E-state index in [0.717, 1.165) is 6.42 Å². The molecule has 0 spiro atoms. The molecule has 0 aliphatic heterocycles. The van der Waals surface area contributed by atoms with Gasteiger partial charge in [-0.15, -0.1) is 0 Å². The van der Waals surface area contributed by atoms with Crippen molar-refractivity contribution in [2.75, 3.05) is 21.2 Å². The first-order valence-electron chi connectivity index (χ1n) is 3.75. The quantitative estimate of drug-likeness (QED) is 0.573. The molecule has 0 aromatic heterocycles. The minimum absolute atomic E-state index is 0.176. The number of hydrogen-bond acceptors (Lipinski definition) is 3. The minimum atomic E-state index is -0.477. The fourth-order valence-corrected chi connectivity index (χ4v) is 0.863. The number of hydrogen-bond donors (Lipinski definition) is 0. The second-order valence-electron chi connectivity index (χ2n) is 3.01. The van der Waals surface area contributed by atoms with Gasteiger partial charge in [0.2, 0.25) is 0 Å². The lowest BCUT2D eigenvalue weighted by Gasteiger charge is -2.32. The van der Waals surface area contributed by atoms with E-state index in [1.807, 2.05) is 32.8 Å². The Labute approximate surface area is 68.3 Å². The number of ether oxygens (including phenoxy) is 1. The van der Waals surface area contributed by atoms with Gasteiger partial charge in [0, 0.05) is 0 Å². The summed E-state index contributed by atoms with van der Waals surface area (Å²) < 4.78 is 4.69. The van der Waals surface area contributed by atoms with E-state index in [2.05, 4.69) is 4.74 Å². The summed E-state index contributed by atoms with van der Waals surface area (Å²) in [5.41, 5.74) is -0.477. The number of methoxy groups -OCH3 is 1. The first-order valence-corrected chi connectivity index (χ1v) is 3.75. The van der Waals surface area contributed by atoms with Gasteiger partial charge < -0.3 is 4.74 Å². The molecule has 3 heteroatoms. The maximum atomic E-state index is 11.2. The van der Waals surface area contributed by atoms with Gasteiger partial charge in [-0.3, -0.25) is 9.69 Å². The van der Waals surface area contributed by atoms with Crippen molar-refractivity contribution in [2.24, 2.45) is 0 Å². The van der Waals surface area contributed by atoms with Crippen LogP contribution in [0.15, 0.2) is 0 Å². The number of carbonyl (C=O) groups is 1. The predicted octanol–water partition coefficient (Wildman–Crippen LogP) is 0.890. The van der Waals surface area contributed by atoms with Gasteiger partial charge >= 0.3 is 5.97 Å². The van der Waals surface area contributed by atoms with Gasteiger partial charge in [-0.05, 0) is 27.4 Å². The van der Waals surface area contributed by atoms with Gasteiger partial charge in [-0.2, -0.15) is 0 Å². The summed E-state index contributed by atoms with van der Waals surface area (Å²) in [6, 6.07) is 0. The summed E-state index contributed by atoms with van der Waals surface area (Å²) in [5.74, 6) is -0.176. The Balaban J connectivity index is 4.45. The molecule has 0 fully saturated rings. The molecule has 0 N–H and O–H groups in total. The highest BCUT2D eigenvalue weighted by Gasteiger charge is 2.34. The number of carbonyl (C=O) groups excluding carboxylic acids is 1. The van der Waals surface area contributed by atoms with Crippen molar-refractivity contribution in [1.29, 1.82) is 0 Å². The fraction of sp³-hybridized carbons (Fsp3) is 0.875. The van der Waals surface area contributed by atoms with Gasteiger partial charge in [-0.1, -0.05) is 6.92 Å². The van der Waals surface area contributed by atoms with Gasteiger partial charge in [0.25, 0.3) is 0 Å². The molecule has 1 atom stereocenters. The van der Waals surface area contributed by atoms with Crippen LogP contribution in [0.3, 0.4) is 0 Å². The Morgan fingerprint density at radius 2 is 2.00 bits per heavy atom. The summed E-state index contributed by atoms with van der Waals surface area (Å²) in [5, 5.41) is 0. The normalized spacial score (nSPS) is 16.2. The average Bonchev–Trinajstić information content (AvgIpc) is 2.01. The van der Waals surface area contributed by atoms with Gasteiger partial charge in [-0.25, -0.2) is 0 Å². The van der Waals surface area contributed by atoms with Gasteiger partial charge in [0.15, 0.2) is 0 Å². The third-order valence-corrected chi connectivity index (χ3v) is 2.30. The number of rotatable bonds is 3. The topological polar surface area (TPSA) is 29.5 Å². The monoisotopic (exact) mass is 159 g/mol. The second kappa shape index (κ2) is 3.72. The molecule has 1 unspecified atom stereocenters. The van der Waals surface area contributed by atoms with Crippen LogP contribution in [0.25, 0.3) is 0 Å². The molecule has 0 radical (unpaired) electrons. The summed E-state index contributed by atoms with van der Waals surface area (Å²) in [6.07, 6.45) is 0.757. The van der Waals surface area contributed by atoms with Crippen molar-refractivity contribution < 1.29 is 9.53 Å². The van der Waals surface area contributed by atoms with Crippen LogP contribution in [-0.4, -0.2) is 37.6 Å². The Bertz CT molecular complexity index is 145. The molecular formula is C8H17NO2. The van der Waals surface area contributed by atoms with Crippen LogP contribution in [0.2, 0.25) is 0 Å². The van der Waals surface area contributed by atoms with Crippen LogP contribution < -0.4 is 0 Å². The fourth-order valence-electron chi connectivity index (χ4n) is 0.863. The molecule has 0 saturated heterocycles. The highest BCUT2D eigenvalue weighted by atomic mass is 16.5. The predicted molar refractivity (Wildman–Crippen MR) is 44.4 cm³/mol.